The summed E-state index contributed by atoms with van der Waals surface area (Å²) in [5.41, 5.74) is -2.90. The number of likely N-dealkylation sites (tertiary alicyclic amines) is 1. The van der Waals surface area contributed by atoms with Gasteiger partial charge in [-0.15, -0.1) is 0 Å². The molecule has 1 N–H and O–H groups in total. The summed E-state index contributed by atoms with van der Waals surface area (Å²) in [5, 5.41) is 2.61. The number of hydrogen-bond acceptors (Lipinski definition) is 4. The maximum atomic E-state index is 14.7. The van der Waals surface area contributed by atoms with Crippen molar-refractivity contribution in [2.75, 3.05) is 13.1 Å². The number of nitrogens with one attached hydrogen (secondary N) is 1. The van der Waals surface area contributed by atoms with E-state index >= 15 is 0 Å². The molecule has 9 heteroatoms. The summed E-state index contributed by atoms with van der Waals surface area (Å²) < 4.78 is 39.2. The largest absolute Gasteiger partial charge is 0.444 e. The Bertz CT molecular complexity index is 781. The van der Waals surface area contributed by atoms with Gasteiger partial charge in [0, 0.05) is 5.56 Å². The molecule has 0 atom stereocenters. The lowest BCUT2D eigenvalue weighted by Gasteiger charge is -2.50. The van der Waals surface area contributed by atoms with Crippen LogP contribution in [0.5, 0.6) is 0 Å². The van der Waals surface area contributed by atoms with Gasteiger partial charge in [-0.2, -0.15) is 0 Å². The Labute approximate surface area is 171 Å². The molecule has 0 unspecified atom stereocenters. The average Bonchev–Trinajstić information content (AvgIpc) is 2.42. The summed E-state index contributed by atoms with van der Waals surface area (Å²) in [6.45, 7) is 10.0. The third-order valence-electron chi connectivity index (χ3n) is 3.82. The van der Waals surface area contributed by atoms with Crippen LogP contribution in [-0.4, -0.2) is 41.4 Å². The molecule has 0 aliphatic carbocycles. The Hall–Kier alpha value is -1.90. The van der Waals surface area contributed by atoms with Crippen LogP contribution in [0.2, 0.25) is 0 Å². The van der Waals surface area contributed by atoms with E-state index in [4.69, 9.17) is 9.47 Å². The summed E-state index contributed by atoms with van der Waals surface area (Å²) >= 11 is 2.98. The van der Waals surface area contributed by atoms with E-state index in [1.54, 1.807) is 41.5 Å². The average molecular weight is 463 g/mol. The second-order valence-electron chi connectivity index (χ2n) is 8.79. The number of hydrogen-bond donors (Lipinski definition) is 1. The minimum absolute atomic E-state index is 0.0787. The van der Waals surface area contributed by atoms with Crippen LogP contribution in [0.25, 0.3) is 0 Å². The first kappa shape index (κ1) is 22.4. The van der Waals surface area contributed by atoms with Crippen LogP contribution in [0.1, 0.15) is 47.1 Å². The van der Waals surface area contributed by atoms with E-state index in [1.807, 2.05) is 0 Å². The lowest BCUT2D eigenvalue weighted by atomic mass is 9.82. The summed E-state index contributed by atoms with van der Waals surface area (Å²) in [6, 6.07) is 1.99. The number of carbonyl (C=O) groups excluding carboxylic acids is 2. The predicted molar refractivity (Wildman–Crippen MR) is 103 cm³/mol. The molecule has 1 heterocycles. The first-order chi connectivity index (χ1) is 12.6. The molecule has 1 aromatic carbocycles. The molecule has 6 nitrogen and oxygen atoms in total. The molecule has 2 rings (SSSR count). The van der Waals surface area contributed by atoms with Crippen LogP contribution in [-0.2, 0) is 15.0 Å². The van der Waals surface area contributed by atoms with E-state index in [0.29, 0.717) is 0 Å². The standard InChI is InChI=1S/C19H25BrF2N2O4/c1-17(2,3)27-15(25)23-19(12-7-11(21)8-13(20)14(12)22)9-24(10-19)16(26)28-18(4,5)6/h7-8H,9-10H2,1-6H3,(H,23,25). The van der Waals surface area contributed by atoms with Gasteiger partial charge >= 0.3 is 12.2 Å². The first-order valence-electron chi connectivity index (χ1n) is 8.76. The Morgan fingerprint density at radius 1 is 1.07 bits per heavy atom. The smallest absolute Gasteiger partial charge is 0.410 e. The highest BCUT2D eigenvalue weighted by atomic mass is 79.9. The molecule has 0 bridgehead atoms. The van der Waals surface area contributed by atoms with E-state index in [0.717, 1.165) is 12.1 Å². The molecular formula is C19H25BrF2N2O4. The Morgan fingerprint density at radius 2 is 1.61 bits per heavy atom. The number of halogens is 3. The maximum Gasteiger partial charge on any atom is 0.410 e. The molecule has 1 aliphatic rings. The van der Waals surface area contributed by atoms with Crippen LogP contribution in [0.3, 0.4) is 0 Å². The first-order valence-corrected chi connectivity index (χ1v) is 9.55. The number of benzene rings is 1. The van der Waals surface area contributed by atoms with Crippen molar-refractivity contribution >= 4 is 28.1 Å². The third kappa shape index (κ3) is 5.33. The normalized spacial score (nSPS) is 16.2. The highest BCUT2D eigenvalue weighted by molar-refractivity contribution is 9.10. The lowest BCUT2D eigenvalue weighted by molar-refractivity contribution is -0.0239. The minimum Gasteiger partial charge on any atom is -0.444 e. The van der Waals surface area contributed by atoms with E-state index in [2.05, 4.69) is 21.2 Å². The van der Waals surface area contributed by atoms with Crippen molar-refractivity contribution < 1.29 is 27.8 Å². The molecule has 156 valence electrons. The molecule has 1 saturated heterocycles. The van der Waals surface area contributed by atoms with Crippen molar-refractivity contribution in [1.82, 2.24) is 10.2 Å². The number of amides is 2. The number of alkyl carbamates (subject to hydrolysis) is 1. The maximum absolute atomic E-state index is 14.7. The second-order valence-corrected chi connectivity index (χ2v) is 9.65. The fourth-order valence-electron chi connectivity index (χ4n) is 2.78. The van der Waals surface area contributed by atoms with Gasteiger partial charge in [0.15, 0.2) is 0 Å². The molecule has 0 radical (unpaired) electrons. The SMILES string of the molecule is CC(C)(C)OC(=O)NC1(c2cc(F)cc(Br)c2F)CN(C(=O)OC(C)(C)C)C1. The predicted octanol–water partition coefficient (Wildman–Crippen LogP) is 4.70. The van der Waals surface area contributed by atoms with Crippen LogP contribution in [0.4, 0.5) is 18.4 Å². The summed E-state index contributed by atoms with van der Waals surface area (Å²) in [4.78, 5) is 25.9. The molecule has 1 aliphatic heterocycles. The third-order valence-corrected chi connectivity index (χ3v) is 4.40. The van der Waals surface area contributed by atoms with Gasteiger partial charge in [-0.25, -0.2) is 18.4 Å². The topological polar surface area (TPSA) is 67.9 Å². The second kappa shape index (κ2) is 7.50. The van der Waals surface area contributed by atoms with Crippen molar-refractivity contribution in [1.29, 1.82) is 0 Å². The van der Waals surface area contributed by atoms with E-state index < -0.39 is 40.6 Å². The number of ether oxygens (including phenoxy) is 2. The molecular weight excluding hydrogens is 438 g/mol. The fourth-order valence-corrected chi connectivity index (χ4v) is 3.21. The van der Waals surface area contributed by atoms with Crippen LogP contribution >= 0.6 is 15.9 Å². The number of rotatable bonds is 2. The fraction of sp³-hybridized carbons (Fsp3) is 0.579. The van der Waals surface area contributed by atoms with Crippen LogP contribution in [0.15, 0.2) is 16.6 Å². The zero-order chi connectivity index (χ0) is 21.5. The molecule has 28 heavy (non-hydrogen) atoms. The summed E-state index contributed by atoms with van der Waals surface area (Å²) in [5.74, 6) is -1.40. The zero-order valence-corrected chi connectivity index (χ0v) is 18.4. The van der Waals surface area contributed by atoms with Crippen molar-refractivity contribution in [3.8, 4) is 0 Å². The van der Waals surface area contributed by atoms with E-state index in [-0.39, 0.29) is 23.1 Å². The monoisotopic (exact) mass is 462 g/mol. The van der Waals surface area contributed by atoms with Gasteiger partial charge < -0.3 is 19.7 Å². The molecule has 2 amide bonds. The van der Waals surface area contributed by atoms with Crippen molar-refractivity contribution in [2.45, 2.75) is 58.3 Å². The van der Waals surface area contributed by atoms with E-state index in [9.17, 15) is 18.4 Å². The summed E-state index contributed by atoms with van der Waals surface area (Å²) in [7, 11) is 0. The lowest BCUT2D eigenvalue weighted by Crippen LogP contribution is -2.69. The van der Waals surface area contributed by atoms with Gasteiger partial charge in [-0.05, 0) is 69.6 Å². The van der Waals surface area contributed by atoms with E-state index in [1.165, 1.54) is 4.90 Å². The van der Waals surface area contributed by atoms with Crippen molar-refractivity contribution in [2.24, 2.45) is 0 Å². The van der Waals surface area contributed by atoms with Gasteiger partial charge in [0.25, 0.3) is 0 Å². The Kier molecular flexibility index (Phi) is 5.99. The zero-order valence-electron chi connectivity index (χ0n) is 16.8. The summed E-state index contributed by atoms with van der Waals surface area (Å²) in [6.07, 6.45) is -1.40. The Morgan fingerprint density at radius 3 is 2.11 bits per heavy atom. The molecule has 1 fully saturated rings. The van der Waals surface area contributed by atoms with Crippen LogP contribution in [0, 0.1) is 11.6 Å². The Balaban J connectivity index is 2.32. The number of nitrogens with zero attached hydrogens (tertiary/aromatic N) is 1. The molecule has 0 saturated carbocycles. The molecule has 0 spiro atoms. The van der Waals surface area contributed by atoms with Crippen LogP contribution < -0.4 is 5.32 Å². The van der Waals surface area contributed by atoms with Gasteiger partial charge in [0.1, 0.15) is 28.4 Å². The van der Waals surface area contributed by atoms with Gasteiger partial charge in [-0.3, -0.25) is 0 Å². The van der Waals surface area contributed by atoms with Gasteiger partial charge in [0.2, 0.25) is 0 Å². The minimum atomic E-state index is -1.34. The molecule has 1 aromatic rings. The highest BCUT2D eigenvalue weighted by Gasteiger charge is 2.51. The van der Waals surface area contributed by atoms with Crippen molar-refractivity contribution in [3.05, 3.63) is 33.8 Å². The number of carbonyl (C=O) groups is 2. The quantitative estimate of drug-likeness (QED) is 0.646. The highest BCUT2D eigenvalue weighted by Crippen LogP contribution is 2.37. The van der Waals surface area contributed by atoms with Gasteiger partial charge in [0.05, 0.1) is 17.6 Å². The van der Waals surface area contributed by atoms with Crippen molar-refractivity contribution in [3.63, 3.8) is 0 Å². The molecule has 0 aromatic heterocycles. The van der Waals surface area contributed by atoms with Gasteiger partial charge in [-0.1, -0.05) is 0 Å².